The van der Waals surface area contributed by atoms with Gasteiger partial charge in [-0.1, -0.05) is 6.07 Å². The van der Waals surface area contributed by atoms with Crippen molar-refractivity contribution in [2.45, 2.75) is 25.4 Å². The number of nitrogens with zero attached hydrogens (tertiary/aromatic N) is 2. The summed E-state index contributed by atoms with van der Waals surface area (Å²) in [6.07, 6.45) is 1.77. The van der Waals surface area contributed by atoms with E-state index < -0.39 is 6.09 Å². The van der Waals surface area contributed by atoms with Crippen molar-refractivity contribution in [3.8, 4) is 0 Å². The van der Waals surface area contributed by atoms with Crippen LogP contribution in [0.25, 0.3) is 10.2 Å². The van der Waals surface area contributed by atoms with Crippen molar-refractivity contribution in [1.29, 1.82) is 0 Å². The Morgan fingerprint density at radius 2 is 2.23 bits per heavy atom. The third-order valence-corrected chi connectivity index (χ3v) is 5.12. The van der Waals surface area contributed by atoms with Crippen molar-refractivity contribution < 1.29 is 9.53 Å². The molecule has 0 aliphatic heterocycles. The molecule has 1 saturated carbocycles. The van der Waals surface area contributed by atoms with E-state index in [9.17, 15) is 4.79 Å². The first kappa shape index (κ1) is 15.2. The molecule has 0 radical (unpaired) electrons. The van der Waals surface area contributed by atoms with Gasteiger partial charge in [-0.15, -0.1) is 11.3 Å². The SMILES string of the molecule is CN(C)C[C@H]1C[C@H](c2ccc3nc(COC(N)=O)sc3c2)C1. The minimum Gasteiger partial charge on any atom is -0.442 e. The molecule has 2 aromatic rings. The van der Waals surface area contributed by atoms with Gasteiger partial charge < -0.3 is 15.4 Å². The number of benzene rings is 1. The number of fused-ring (bicyclic) bond motifs is 1. The van der Waals surface area contributed by atoms with Crippen LogP contribution in [0, 0.1) is 5.92 Å². The summed E-state index contributed by atoms with van der Waals surface area (Å²) < 4.78 is 5.95. The number of carbonyl (C=O) groups is 1. The maximum absolute atomic E-state index is 10.7. The predicted molar refractivity (Wildman–Crippen MR) is 88.0 cm³/mol. The van der Waals surface area contributed by atoms with Crippen molar-refractivity contribution in [3.63, 3.8) is 0 Å². The molecule has 1 aliphatic carbocycles. The normalized spacial score (nSPS) is 21.0. The van der Waals surface area contributed by atoms with Crippen molar-refractivity contribution in [1.82, 2.24) is 9.88 Å². The molecule has 0 bridgehead atoms. The summed E-state index contributed by atoms with van der Waals surface area (Å²) in [6, 6.07) is 6.48. The Morgan fingerprint density at radius 3 is 2.91 bits per heavy atom. The summed E-state index contributed by atoms with van der Waals surface area (Å²) in [6.45, 7) is 1.33. The zero-order valence-corrected chi connectivity index (χ0v) is 13.7. The molecule has 1 aromatic carbocycles. The Bertz CT molecular complexity index is 677. The Labute approximate surface area is 134 Å². The lowest BCUT2D eigenvalue weighted by molar-refractivity contribution is 0.150. The third-order valence-electron chi connectivity index (χ3n) is 4.13. The van der Waals surface area contributed by atoms with E-state index in [1.54, 1.807) is 11.3 Å². The van der Waals surface area contributed by atoms with Crippen LogP contribution in [-0.2, 0) is 11.3 Å². The summed E-state index contributed by atoms with van der Waals surface area (Å²) >= 11 is 1.56. The van der Waals surface area contributed by atoms with Crippen LogP contribution >= 0.6 is 11.3 Å². The van der Waals surface area contributed by atoms with Crippen molar-refractivity contribution >= 4 is 27.6 Å². The van der Waals surface area contributed by atoms with Gasteiger partial charge in [-0.05, 0) is 56.5 Å². The molecule has 22 heavy (non-hydrogen) atoms. The maximum atomic E-state index is 10.7. The Hall–Kier alpha value is -1.66. The highest BCUT2D eigenvalue weighted by Gasteiger charge is 2.30. The highest BCUT2D eigenvalue weighted by atomic mass is 32.1. The molecule has 1 fully saturated rings. The summed E-state index contributed by atoms with van der Waals surface area (Å²) in [5.41, 5.74) is 7.34. The number of thiazole rings is 1. The molecule has 0 spiro atoms. The minimum atomic E-state index is -0.763. The zero-order chi connectivity index (χ0) is 15.7. The zero-order valence-electron chi connectivity index (χ0n) is 12.9. The number of hydrogen-bond acceptors (Lipinski definition) is 5. The molecule has 0 saturated heterocycles. The standard InChI is InChI=1S/C16H21N3O2S/c1-19(2)8-10-5-12(6-10)11-3-4-13-14(7-11)22-15(18-13)9-21-16(17)20/h3-4,7,10,12H,5-6,8-9H2,1-2H3,(H2,17,20)/t10-,12-. The summed E-state index contributed by atoms with van der Waals surface area (Å²) in [7, 11) is 4.26. The number of primary amides is 1. The largest absolute Gasteiger partial charge is 0.442 e. The molecule has 2 N–H and O–H groups in total. The van der Waals surface area contributed by atoms with E-state index in [0.29, 0.717) is 5.92 Å². The summed E-state index contributed by atoms with van der Waals surface area (Å²) in [5.74, 6) is 1.48. The number of nitrogens with two attached hydrogens (primary N) is 1. The molecule has 5 nitrogen and oxygen atoms in total. The number of ether oxygens (including phenoxy) is 1. The van der Waals surface area contributed by atoms with Crippen molar-refractivity contribution in [2.24, 2.45) is 11.7 Å². The second-order valence-corrected chi connectivity index (χ2v) is 7.35. The molecule has 3 rings (SSSR count). The number of hydrogen-bond donors (Lipinski definition) is 1. The van der Waals surface area contributed by atoms with Crippen molar-refractivity contribution in [2.75, 3.05) is 20.6 Å². The van der Waals surface area contributed by atoms with Gasteiger partial charge in [-0.2, -0.15) is 0 Å². The molecule has 0 unspecified atom stereocenters. The Kier molecular flexibility index (Phi) is 4.31. The fourth-order valence-corrected chi connectivity index (χ4v) is 4.04. The smallest absolute Gasteiger partial charge is 0.404 e. The fraction of sp³-hybridized carbons (Fsp3) is 0.500. The molecule has 1 heterocycles. The van der Waals surface area contributed by atoms with Crippen LogP contribution in [0.4, 0.5) is 4.79 Å². The van der Waals surface area contributed by atoms with Crippen LogP contribution in [0.5, 0.6) is 0 Å². The topological polar surface area (TPSA) is 68.5 Å². The first-order valence-corrected chi connectivity index (χ1v) is 8.29. The number of carbonyl (C=O) groups excluding carboxylic acids is 1. The van der Waals surface area contributed by atoms with Gasteiger partial charge in [0.15, 0.2) is 0 Å². The first-order chi connectivity index (χ1) is 10.5. The van der Waals surface area contributed by atoms with E-state index in [4.69, 9.17) is 10.5 Å². The van der Waals surface area contributed by atoms with E-state index in [1.165, 1.54) is 24.9 Å². The van der Waals surface area contributed by atoms with Gasteiger partial charge in [-0.25, -0.2) is 9.78 Å². The monoisotopic (exact) mass is 319 g/mol. The average Bonchev–Trinajstić information content (AvgIpc) is 2.81. The summed E-state index contributed by atoms with van der Waals surface area (Å²) in [5, 5.41) is 0.782. The highest BCUT2D eigenvalue weighted by molar-refractivity contribution is 7.18. The fourth-order valence-electron chi connectivity index (χ4n) is 3.11. The van der Waals surface area contributed by atoms with E-state index >= 15 is 0 Å². The summed E-state index contributed by atoms with van der Waals surface area (Å²) in [4.78, 5) is 17.4. The lowest BCUT2D eigenvalue weighted by Gasteiger charge is -2.37. The molecular formula is C16H21N3O2S. The molecule has 0 atom stereocenters. The van der Waals surface area contributed by atoms with E-state index in [-0.39, 0.29) is 6.61 Å². The van der Waals surface area contributed by atoms with Crippen LogP contribution in [0.15, 0.2) is 18.2 Å². The second kappa shape index (κ2) is 6.22. The van der Waals surface area contributed by atoms with Gasteiger partial charge >= 0.3 is 6.09 Å². The lowest BCUT2D eigenvalue weighted by Crippen LogP contribution is -2.31. The molecule has 6 heteroatoms. The average molecular weight is 319 g/mol. The molecule has 1 aliphatic rings. The Morgan fingerprint density at radius 1 is 1.45 bits per heavy atom. The van der Waals surface area contributed by atoms with Gasteiger partial charge in [0, 0.05) is 6.54 Å². The van der Waals surface area contributed by atoms with Crippen LogP contribution in [0.1, 0.15) is 29.3 Å². The highest BCUT2D eigenvalue weighted by Crippen LogP contribution is 2.42. The van der Waals surface area contributed by atoms with Crippen LogP contribution in [0.3, 0.4) is 0 Å². The molecule has 1 amide bonds. The predicted octanol–water partition coefficient (Wildman–Crippen LogP) is 2.95. The third kappa shape index (κ3) is 3.39. The van der Waals surface area contributed by atoms with Crippen LogP contribution in [0.2, 0.25) is 0 Å². The number of rotatable bonds is 5. The molecular weight excluding hydrogens is 298 g/mol. The van der Waals surface area contributed by atoms with Gasteiger partial charge in [0.25, 0.3) is 0 Å². The second-order valence-electron chi connectivity index (χ2n) is 6.24. The number of amides is 1. The lowest BCUT2D eigenvalue weighted by atomic mass is 9.71. The number of aromatic nitrogens is 1. The van der Waals surface area contributed by atoms with E-state index in [2.05, 4.69) is 42.2 Å². The van der Waals surface area contributed by atoms with Gasteiger partial charge in [0.05, 0.1) is 10.2 Å². The van der Waals surface area contributed by atoms with Gasteiger partial charge in [-0.3, -0.25) is 0 Å². The van der Waals surface area contributed by atoms with Crippen LogP contribution < -0.4 is 5.73 Å². The van der Waals surface area contributed by atoms with Gasteiger partial charge in [0.1, 0.15) is 11.6 Å². The van der Waals surface area contributed by atoms with Gasteiger partial charge in [0.2, 0.25) is 0 Å². The van der Waals surface area contributed by atoms with Crippen LogP contribution in [-0.4, -0.2) is 36.6 Å². The van der Waals surface area contributed by atoms with Crippen molar-refractivity contribution in [3.05, 3.63) is 28.8 Å². The molecule has 1 aromatic heterocycles. The Balaban J connectivity index is 1.67. The molecule has 118 valence electrons. The first-order valence-electron chi connectivity index (χ1n) is 7.47. The van der Waals surface area contributed by atoms with E-state index in [1.807, 2.05) is 0 Å². The van der Waals surface area contributed by atoms with E-state index in [0.717, 1.165) is 21.1 Å². The maximum Gasteiger partial charge on any atom is 0.404 e. The minimum absolute atomic E-state index is 0.151. The quantitative estimate of drug-likeness (QED) is 0.920.